The maximum atomic E-state index is 2.44. The van der Waals surface area contributed by atoms with E-state index in [4.69, 9.17) is 0 Å². The standard InChI is InChI=1S/3C10H20/c1-9(2)5-8-10(3)6-4-7-10;1-9(2)7-8-10-5-3-4-6-10;1-4-6-10(9(2)3)7-5-8-10/h9H,4-8H2,1-3H3;9-10H,3-8H2,1-2H3;9H,4-8H2,1-3H3. The third kappa shape index (κ3) is 10.5. The van der Waals surface area contributed by atoms with Gasteiger partial charge in [0, 0.05) is 0 Å². The van der Waals surface area contributed by atoms with Crippen LogP contribution in [0, 0.1) is 34.5 Å². The van der Waals surface area contributed by atoms with E-state index in [1.165, 1.54) is 103 Å². The maximum Gasteiger partial charge on any atom is -0.0275 e. The Morgan fingerprint density at radius 1 is 0.700 bits per heavy atom. The molecule has 3 aliphatic carbocycles. The topological polar surface area (TPSA) is 0 Å². The second-order valence-corrected chi connectivity index (χ2v) is 12.8. The largest absolute Gasteiger partial charge is 0.0654 e. The summed E-state index contributed by atoms with van der Waals surface area (Å²) >= 11 is 0. The van der Waals surface area contributed by atoms with Gasteiger partial charge in [0.1, 0.15) is 0 Å². The summed E-state index contributed by atoms with van der Waals surface area (Å²) in [7, 11) is 0. The van der Waals surface area contributed by atoms with Crippen LogP contribution in [-0.2, 0) is 0 Å². The number of rotatable bonds is 9. The zero-order chi connectivity index (χ0) is 22.6. The van der Waals surface area contributed by atoms with Crippen LogP contribution in [0.25, 0.3) is 0 Å². The van der Waals surface area contributed by atoms with Crippen LogP contribution >= 0.6 is 0 Å². The van der Waals surface area contributed by atoms with E-state index in [2.05, 4.69) is 55.4 Å². The third-order valence-corrected chi connectivity index (χ3v) is 8.83. The van der Waals surface area contributed by atoms with Crippen molar-refractivity contribution in [1.29, 1.82) is 0 Å². The van der Waals surface area contributed by atoms with Crippen molar-refractivity contribution in [2.75, 3.05) is 0 Å². The van der Waals surface area contributed by atoms with Crippen molar-refractivity contribution >= 4 is 0 Å². The van der Waals surface area contributed by atoms with Gasteiger partial charge in [-0.15, -0.1) is 0 Å². The minimum Gasteiger partial charge on any atom is -0.0654 e. The highest BCUT2D eigenvalue weighted by Crippen LogP contribution is 2.50. The summed E-state index contributed by atoms with van der Waals surface area (Å²) in [6.07, 6.45) is 23.7. The van der Waals surface area contributed by atoms with Crippen LogP contribution in [0.4, 0.5) is 0 Å². The van der Waals surface area contributed by atoms with Gasteiger partial charge in [0.15, 0.2) is 0 Å². The summed E-state index contributed by atoms with van der Waals surface area (Å²) in [6, 6.07) is 0. The van der Waals surface area contributed by atoms with Gasteiger partial charge in [-0.3, -0.25) is 0 Å². The van der Waals surface area contributed by atoms with Gasteiger partial charge in [0.25, 0.3) is 0 Å². The fourth-order valence-electron chi connectivity index (χ4n) is 5.78. The zero-order valence-electron chi connectivity index (χ0n) is 22.6. The van der Waals surface area contributed by atoms with Gasteiger partial charge in [0.2, 0.25) is 0 Å². The molecule has 0 aromatic carbocycles. The highest BCUT2D eigenvalue weighted by molar-refractivity contribution is 4.89. The normalized spacial score (nSPS) is 22.1. The average molecular weight is 421 g/mol. The Morgan fingerprint density at radius 2 is 1.23 bits per heavy atom. The highest BCUT2D eigenvalue weighted by Gasteiger charge is 2.38. The fraction of sp³-hybridized carbons (Fsp3) is 1.00. The molecule has 0 amide bonds. The van der Waals surface area contributed by atoms with Gasteiger partial charge in [-0.1, -0.05) is 120 Å². The van der Waals surface area contributed by atoms with Crippen LogP contribution < -0.4 is 0 Å². The molecule has 0 nitrogen and oxygen atoms in total. The molecule has 0 unspecified atom stereocenters. The van der Waals surface area contributed by atoms with Gasteiger partial charge < -0.3 is 0 Å². The molecule has 3 fully saturated rings. The maximum absolute atomic E-state index is 2.44. The minimum absolute atomic E-state index is 0.754. The summed E-state index contributed by atoms with van der Waals surface area (Å²) in [6.45, 7) is 18.8. The van der Waals surface area contributed by atoms with Crippen molar-refractivity contribution in [2.24, 2.45) is 34.5 Å². The van der Waals surface area contributed by atoms with E-state index < -0.39 is 0 Å². The second kappa shape index (κ2) is 14.2. The van der Waals surface area contributed by atoms with Crippen LogP contribution in [-0.4, -0.2) is 0 Å². The first-order chi connectivity index (χ1) is 14.1. The lowest BCUT2D eigenvalue weighted by Crippen LogP contribution is -2.34. The molecule has 0 bridgehead atoms. The Morgan fingerprint density at radius 3 is 1.53 bits per heavy atom. The number of hydrogen-bond acceptors (Lipinski definition) is 0. The quantitative estimate of drug-likeness (QED) is 0.348. The van der Waals surface area contributed by atoms with E-state index in [9.17, 15) is 0 Å². The molecule has 3 saturated carbocycles. The molecule has 180 valence electrons. The molecule has 30 heavy (non-hydrogen) atoms. The molecule has 0 radical (unpaired) electrons. The van der Waals surface area contributed by atoms with E-state index in [0.29, 0.717) is 0 Å². The SMILES string of the molecule is CC(C)CCC1(C)CCC1.CC(C)CCC1CCCC1.CCCC1(C(C)C)CCC1. The summed E-state index contributed by atoms with van der Waals surface area (Å²) in [5.41, 5.74) is 1.53. The van der Waals surface area contributed by atoms with Crippen LogP contribution in [0.15, 0.2) is 0 Å². The molecule has 0 heteroatoms. The van der Waals surface area contributed by atoms with E-state index in [-0.39, 0.29) is 0 Å². The lowest BCUT2D eigenvalue weighted by molar-refractivity contribution is 0.0565. The third-order valence-electron chi connectivity index (χ3n) is 8.83. The van der Waals surface area contributed by atoms with E-state index in [1.807, 2.05) is 0 Å². The second-order valence-electron chi connectivity index (χ2n) is 12.8. The minimum atomic E-state index is 0.754. The molecule has 0 atom stereocenters. The molecule has 3 rings (SSSR count). The molecule has 0 aliphatic heterocycles. The van der Waals surface area contributed by atoms with Crippen LogP contribution in [0.2, 0.25) is 0 Å². The summed E-state index contributed by atoms with van der Waals surface area (Å²) in [5, 5.41) is 0. The molecular formula is C30H60. The van der Waals surface area contributed by atoms with Crippen molar-refractivity contribution < 1.29 is 0 Å². The van der Waals surface area contributed by atoms with Gasteiger partial charge in [0.05, 0.1) is 0 Å². The van der Waals surface area contributed by atoms with Crippen molar-refractivity contribution in [2.45, 2.75) is 158 Å². The Kier molecular flexibility index (Phi) is 13.3. The van der Waals surface area contributed by atoms with Gasteiger partial charge >= 0.3 is 0 Å². The van der Waals surface area contributed by atoms with Gasteiger partial charge in [-0.05, 0) is 73.0 Å². The fourth-order valence-corrected chi connectivity index (χ4v) is 5.78. The Hall–Kier alpha value is 0. The van der Waals surface area contributed by atoms with E-state index in [1.54, 1.807) is 0 Å². The van der Waals surface area contributed by atoms with Crippen molar-refractivity contribution in [3.05, 3.63) is 0 Å². The number of hydrogen-bond donors (Lipinski definition) is 0. The lowest BCUT2D eigenvalue weighted by atomic mass is 9.60. The Labute approximate surface area is 192 Å². The van der Waals surface area contributed by atoms with E-state index >= 15 is 0 Å². The van der Waals surface area contributed by atoms with Crippen molar-refractivity contribution in [1.82, 2.24) is 0 Å². The Balaban J connectivity index is 0.000000225. The molecule has 0 N–H and O–H groups in total. The first-order valence-electron chi connectivity index (χ1n) is 14.1. The summed E-state index contributed by atoms with van der Waals surface area (Å²) in [5.74, 6) is 3.83. The zero-order valence-corrected chi connectivity index (χ0v) is 22.6. The summed E-state index contributed by atoms with van der Waals surface area (Å²) in [4.78, 5) is 0. The average Bonchev–Trinajstić information content (AvgIpc) is 3.14. The monoisotopic (exact) mass is 420 g/mol. The molecule has 3 aliphatic rings. The van der Waals surface area contributed by atoms with Gasteiger partial charge in [-0.2, -0.15) is 0 Å². The predicted octanol–water partition coefficient (Wildman–Crippen LogP) is 10.8. The van der Waals surface area contributed by atoms with E-state index in [0.717, 1.165) is 34.5 Å². The molecule has 0 spiro atoms. The molecule has 0 heterocycles. The van der Waals surface area contributed by atoms with Crippen molar-refractivity contribution in [3.63, 3.8) is 0 Å². The molecule has 0 aromatic heterocycles. The highest BCUT2D eigenvalue weighted by atomic mass is 14.4. The van der Waals surface area contributed by atoms with Crippen LogP contribution in [0.3, 0.4) is 0 Å². The predicted molar refractivity (Wildman–Crippen MR) is 138 cm³/mol. The van der Waals surface area contributed by atoms with Crippen LogP contribution in [0.5, 0.6) is 0 Å². The molecular weight excluding hydrogens is 360 g/mol. The molecule has 0 aromatic rings. The Bertz CT molecular complexity index is 402. The van der Waals surface area contributed by atoms with Gasteiger partial charge in [-0.25, -0.2) is 0 Å². The molecule has 0 saturated heterocycles. The first-order valence-corrected chi connectivity index (χ1v) is 14.1. The summed E-state index contributed by atoms with van der Waals surface area (Å²) < 4.78 is 0. The van der Waals surface area contributed by atoms with Crippen molar-refractivity contribution in [3.8, 4) is 0 Å². The smallest absolute Gasteiger partial charge is 0.0275 e. The van der Waals surface area contributed by atoms with Crippen LogP contribution in [0.1, 0.15) is 158 Å². The first kappa shape index (κ1) is 28.0. The lowest BCUT2D eigenvalue weighted by Gasteiger charge is -2.45.